The van der Waals surface area contributed by atoms with Crippen LogP contribution in [-0.2, 0) is 13.0 Å². The number of hydrogen-bond donors (Lipinski definition) is 1. The summed E-state index contributed by atoms with van der Waals surface area (Å²) >= 11 is 3.37. The maximum atomic E-state index is 9.72. The third-order valence-corrected chi connectivity index (χ3v) is 3.08. The van der Waals surface area contributed by atoms with Crippen LogP contribution in [0.1, 0.15) is 37.2 Å². The second kappa shape index (κ2) is 6.16. The quantitative estimate of drug-likeness (QED) is 0.914. The van der Waals surface area contributed by atoms with E-state index < -0.39 is 6.10 Å². The van der Waals surface area contributed by atoms with Crippen molar-refractivity contribution >= 4 is 15.9 Å². The number of aliphatic hydroxyl groups is 1. The first kappa shape index (κ1) is 14.0. The zero-order valence-electron chi connectivity index (χ0n) is 10.8. The fraction of sp³-hybridized carbons (Fsp3) is 0.385. The van der Waals surface area contributed by atoms with Crippen molar-refractivity contribution in [3.63, 3.8) is 0 Å². The van der Waals surface area contributed by atoms with Crippen molar-refractivity contribution in [1.29, 1.82) is 0 Å². The minimum atomic E-state index is -0.607. The molecular formula is C13H15BrN2O3. The van der Waals surface area contributed by atoms with Crippen LogP contribution in [0.2, 0.25) is 0 Å². The van der Waals surface area contributed by atoms with Crippen molar-refractivity contribution in [3.8, 4) is 5.75 Å². The molecule has 2 aromatic rings. The van der Waals surface area contributed by atoms with Crippen LogP contribution >= 0.6 is 15.9 Å². The molecule has 0 aliphatic heterocycles. The number of aryl methyl sites for hydroxylation is 1. The predicted octanol–water partition coefficient (Wildman–Crippen LogP) is 3.03. The van der Waals surface area contributed by atoms with Crippen LogP contribution in [-0.4, -0.2) is 15.2 Å². The highest BCUT2D eigenvalue weighted by Crippen LogP contribution is 2.28. The first-order valence-electron chi connectivity index (χ1n) is 6.02. The number of aliphatic hydroxyl groups excluding tert-OH is 1. The second-order valence-corrected chi connectivity index (χ2v) is 5.02. The van der Waals surface area contributed by atoms with Crippen LogP contribution in [0.15, 0.2) is 27.2 Å². The molecule has 0 amide bonds. The summed E-state index contributed by atoms with van der Waals surface area (Å²) in [6.45, 7) is 3.85. The highest BCUT2D eigenvalue weighted by Gasteiger charge is 2.11. The monoisotopic (exact) mass is 326 g/mol. The van der Waals surface area contributed by atoms with Crippen molar-refractivity contribution in [1.82, 2.24) is 10.1 Å². The average Bonchev–Trinajstić information content (AvgIpc) is 2.85. The summed E-state index contributed by atoms with van der Waals surface area (Å²) in [5.41, 5.74) is 0.716. The van der Waals surface area contributed by atoms with Gasteiger partial charge in [0.1, 0.15) is 5.75 Å². The van der Waals surface area contributed by atoms with E-state index >= 15 is 0 Å². The largest absolute Gasteiger partial charge is 0.485 e. The maximum absolute atomic E-state index is 9.72. The van der Waals surface area contributed by atoms with E-state index in [2.05, 4.69) is 26.1 Å². The minimum Gasteiger partial charge on any atom is -0.485 e. The number of hydrogen-bond acceptors (Lipinski definition) is 5. The molecule has 1 unspecified atom stereocenters. The molecule has 2 rings (SSSR count). The molecule has 0 spiro atoms. The number of ether oxygens (including phenoxy) is 1. The van der Waals surface area contributed by atoms with Gasteiger partial charge in [-0.15, -0.1) is 0 Å². The van der Waals surface area contributed by atoms with Crippen LogP contribution in [0.3, 0.4) is 0 Å². The molecule has 0 saturated heterocycles. The summed E-state index contributed by atoms with van der Waals surface area (Å²) < 4.78 is 11.5. The van der Waals surface area contributed by atoms with Gasteiger partial charge in [-0.25, -0.2) is 0 Å². The molecule has 1 heterocycles. The van der Waals surface area contributed by atoms with Gasteiger partial charge < -0.3 is 14.4 Å². The van der Waals surface area contributed by atoms with Gasteiger partial charge in [-0.3, -0.25) is 0 Å². The molecule has 19 heavy (non-hydrogen) atoms. The molecule has 0 aliphatic rings. The molecule has 1 atom stereocenters. The van der Waals surface area contributed by atoms with Crippen LogP contribution in [0.5, 0.6) is 5.75 Å². The number of halogens is 1. The number of nitrogens with zero attached hydrogens (tertiary/aromatic N) is 2. The summed E-state index contributed by atoms with van der Waals surface area (Å²) in [6, 6.07) is 5.48. The highest BCUT2D eigenvalue weighted by atomic mass is 79.9. The molecule has 5 nitrogen and oxygen atoms in total. The lowest BCUT2D eigenvalue weighted by atomic mass is 10.1. The Morgan fingerprint density at radius 2 is 2.26 bits per heavy atom. The van der Waals surface area contributed by atoms with Crippen molar-refractivity contribution in [2.24, 2.45) is 0 Å². The Bertz CT molecular complexity index is 555. The lowest BCUT2D eigenvalue weighted by molar-refractivity contribution is 0.189. The first-order valence-corrected chi connectivity index (χ1v) is 6.81. The molecule has 1 aromatic heterocycles. The van der Waals surface area contributed by atoms with Gasteiger partial charge in [-0.05, 0) is 25.1 Å². The summed E-state index contributed by atoms with van der Waals surface area (Å²) in [6.07, 6.45) is 0.0912. The summed E-state index contributed by atoms with van der Waals surface area (Å²) in [7, 11) is 0. The van der Waals surface area contributed by atoms with Crippen LogP contribution in [0.4, 0.5) is 0 Å². The van der Waals surface area contributed by atoms with E-state index in [1.54, 1.807) is 13.0 Å². The second-order valence-electron chi connectivity index (χ2n) is 4.10. The van der Waals surface area contributed by atoms with Crippen molar-refractivity contribution in [2.75, 3.05) is 0 Å². The molecular weight excluding hydrogens is 312 g/mol. The molecule has 102 valence electrons. The smallest absolute Gasteiger partial charge is 0.226 e. The molecule has 0 saturated carbocycles. The SMILES string of the molecule is CCc1nc(COc2ccc(Br)cc2C(C)O)no1. The van der Waals surface area contributed by atoms with E-state index in [-0.39, 0.29) is 6.61 Å². The zero-order chi connectivity index (χ0) is 13.8. The van der Waals surface area contributed by atoms with Gasteiger partial charge in [0.2, 0.25) is 11.7 Å². The van der Waals surface area contributed by atoms with Gasteiger partial charge in [-0.1, -0.05) is 28.0 Å². The summed E-state index contributed by atoms with van der Waals surface area (Å²) in [5.74, 6) is 1.70. The molecule has 0 aliphatic carbocycles. The number of benzene rings is 1. The Labute approximate surface area is 119 Å². The predicted molar refractivity (Wildman–Crippen MR) is 72.8 cm³/mol. The number of rotatable bonds is 5. The van der Waals surface area contributed by atoms with Gasteiger partial charge in [0, 0.05) is 16.5 Å². The Kier molecular flexibility index (Phi) is 4.55. The fourth-order valence-corrected chi connectivity index (χ4v) is 1.99. The third kappa shape index (κ3) is 3.54. The van der Waals surface area contributed by atoms with Gasteiger partial charge in [0.05, 0.1) is 6.10 Å². The van der Waals surface area contributed by atoms with E-state index in [1.807, 2.05) is 19.1 Å². The van der Waals surface area contributed by atoms with Crippen LogP contribution < -0.4 is 4.74 Å². The lowest BCUT2D eigenvalue weighted by Crippen LogP contribution is -2.02. The maximum Gasteiger partial charge on any atom is 0.226 e. The normalized spacial score (nSPS) is 12.4. The third-order valence-electron chi connectivity index (χ3n) is 2.59. The van der Waals surface area contributed by atoms with Crippen LogP contribution in [0.25, 0.3) is 0 Å². The zero-order valence-corrected chi connectivity index (χ0v) is 12.3. The van der Waals surface area contributed by atoms with E-state index in [0.717, 1.165) is 4.47 Å². The van der Waals surface area contributed by atoms with Gasteiger partial charge in [-0.2, -0.15) is 4.98 Å². The molecule has 1 aromatic carbocycles. The Morgan fingerprint density at radius 3 is 2.89 bits per heavy atom. The fourth-order valence-electron chi connectivity index (χ4n) is 1.61. The summed E-state index contributed by atoms with van der Waals surface area (Å²) in [4.78, 5) is 4.16. The van der Waals surface area contributed by atoms with E-state index in [0.29, 0.717) is 29.4 Å². The van der Waals surface area contributed by atoms with Crippen molar-refractivity contribution in [2.45, 2.75) is 33.0 Å². The minimum absolute atomic E-state index is 0.213. The Morgan fingerprint density at radius 1 is 1.47 bits per heavy atom. The van der Waals surface area contributed by atoms with Gasteiger partial charge >= 0.3 is 0 Å². The van der Waals surface area contributed by atoms with Crippen molar-refractivity contribution in [3.05, 3.63) is 40.0 Å². The van der Waals surface area contributed by atoms with E-state index in [4.69, 9.17) is 9.26 Å². The molecule has 6 heteroatoms. The first-order chi connectivity index (χ1) is 9.10. The van der Waals surface area contributed by atoms with Gasteiger partial charge in [0.25, 0.3) is 0 Å². The van der Waals surface area contributed by atoms with E-state index in [9.17, 15) is 5.11 Å². The molecule has 1 N–H and O–H groups in total. The average molecular weight is 327 g/mol. The Balaban J connectivity index is 2.10. The standard InChI is InChI=1S/C13H15BrN2O3/c1-3-13-15-12(16-19-13)7-18-11-5-4-9(14)6-10(11)8(2)17/h4-6,8,17H,3,7H2,1-2H3. The van der Waals surface area contributed by atoms with Crippen LogP contribution in [0, 0.1) is 0 Å². The highest BCUT2D eigenvalue weighted by molar-refractivity contribution is 9.10. The Hall–Kier alpha value is -1.40. The van der Waals surface area contributed by atoms with E-state index in [1.165, 1.54) is 0 Å². The number of aromatic nitrogens is 2. The molecule has 0 radical (unpaired) electrons. The van der Waals surface area contributed by atoms with Gasteiger partial charge in [0.15, 0.2) is 6.61 Å². The molecule has 0 bridgehead atoms. The molecule has 0 fully saturated rings. The topological polar surface area (TPSA) is 68.4 Å². The lowest BCUT2D eigenvalue weighted by Gasteiger charge is -2.12. The van der Waals surface area contributed by atoms with Crippen molar-refractivity contribution < 1.29 is 14.4 Å². The summed E-state index contributed by atoms with van der Waals surface area (Å²) in [5, 5.41) is 13.5.